The summed E-state index contributed by atoms with van der Waals surface area (Å²) in [7, 11) is 0. The molecule has 4 nitrogen and oxygen atoms in total. The van der Waals surface area contributed by atoms with Gasteiger partial charge < -0.3 is 4.42 Å². The van der Waals surface area contributed by atoms with Gasteiger partial charge in [-0.15, -0.1) is 11.3 Å². The van der Waals surface area contributed by atoms with E-state index in [9.17, 15) is 0 Å². The van der Waals surface area contributed by atoms with Crippen LogP contribution in [0.1, 0.15) is 52.4 Å². The molecule has 0 spiro atoms. The van der Waals surface area contributed by atoms with E-state index in [-0.39, 0.29) is 11.8 Å². The van der Waals surface area contributed by atoms with Gasteiger partial charge in [0.2, 0.25) is 0 Å². The first kappa shape index (κ1) is 29.0. The van der Waals surface area contributed by atoms with Crippen molar-refractivity contribution in [2.45, 2.75) is 24.7 Å². The van der Waals surface area contributed by atoms with Gasteiger partial charge in [-0.3, -0.25) is 0 Å². The van der Waals surface area contributed by atoms with Crippen molar-refractivity contribution in [3.05, 3.63) is 186 Å². The minimum absolute atomic E-state index is 0.118. The number of para-hydroxylation sites is 1. The Bertz CT molecular complexity index is 2660. The van der Waals surface area contributed by atoms with E-state index in [1.54, 1.807) is 0 Å². The Hall–Kier alpha value is -5.91. The standard InChI is InChI=1S/C45H31N3OS/c1-3-13-28(14-4-1)30-17-11-18-31(25-30)44-46-43(29-15-5-2-6-16-29)47-45(48-44)32-26-36(41-34-19-7-9-22-37(34)49-38(41)27-32)33-21-12-24-40-42(33)35-20-8-10-23-39(35)50-40/h1-24,26,30,32H,25,27H2. The number of hydrogen-bond donors (Lipinski definition) is 0. The number of fused-ring (bicyclic) bond motifs is 6. The van der Waals surface area contributed by atoms with Crippen LogP contribution in [0.2, 0.25) is 0 Å². The van der Waals surface area contributed by atoms with Crippen LogP contribution in [0, 0.1) is 0 Å². The molecule has 50 heavy (non-hydrogen) atoms. The highest BCUT2D eigenvalue weighted by atomic mass is 32.1. The molecule has 0 N–H and O–H groups in total. The van der Waals surface area contributed by atoms with E-state index in [0.29, 0.717) is 12.2 Å². The van der Waals surface area contributed by atoms with Gasteiger partial charge in [0.05, 0.1) is 0 Å². The number of hydrogen-bond acceptors (Lipinski definition) is 5. The lowest BCUT2D eigenvalue weighted by Crippen LogP contribution is -2.15. The number of benzene rings is 5. The maximum Gasteiger partial charge on any atom is 0.163 e. The molecule has 10 rings (SSSR count). The summed E-state index contributed by atoms with van der Waals surface area (Å²) < 4.78 is 9.24. The smallest absolute Gasteiger partial charge is 0.163 e. The fourth-order valence-corrected chi connectivity index (χ4v) is 8.79. The molecule has 0 amide bonds. The quantitative estimate of drug-likeness (QED) is 0.184. The number of allylic oxidation sites excluding steroid dienone is 5. The second kappa shape index (κ2) is 11.9. The molecule has 2 unspecified atom stereocenters. The van der Waals surface area contributed by atoms with Crippen molar-refractivity contribution >= 4 is 53.6 Å². The maximum absolute atomic E-state index is 6.67. The van der Waals surface area contributed by atoms with E-state index in [4.69, 9.17) is 19.4 Å². The Morgan fingerprint density at radius 1 is 0.620 bits per heavy atom. The largest absolute Gasteiger partial charge is 0.460 e. The molecule has 0 bridgehead atoms. The summed E-state index contributed by atoms with van der Waals surface area (Å²) in [6, 6.07) is 44.7. The Morgan fingerprint density at radius 3 is 2.24 bits per heavy atom. The molecule has 5 aromatic carbocycles. The molecular weight excluding hydrogens is 631 g/mol. The normalized spacial score (nSPS) is 17.2. The predicted molar refractivity (Wildman–Crippen MR) is 205 cm³/mol. The third kappa shape index (κ3) is 4.93. The van der Waals surface area contributed by atoms with Crippen molar-refractivity contribution in [2.24, 2.45) is 0 Å². The van der Waals surface area contributed by atoms with Crippen LogP contribution in [0.3, 0.4) is 0 Å². The van der Waals surface area contributed by atoms with Gasteiger partial charge in [0.25, 0.3) is 0 Å². The topological polar surface area (TPSA) is 51.8 Å². The highest BCUT2D eigenvalue weighted by Gasteiger charge is 2.31. The Kier molecular flexibility index (Phi) is 6.91. The first-order valence-electron chi connectivity index (χ1n) is 17.1. The van der Waals surface area contributed by atoms with Crippen LogP contribution in [0.5, 0.6) is 0 Å². The average molecular weight is 662 g/mol. The summed E-state index contributed by atoms with van der Waals surface area (Å²) in [5.74, 6) is 3.29. The molecule has 3 aromatic heterocycles. The fourth-order valence-electron chi connectivity index (χ4n) is 7.66. The molecule has 0 aliphatic heterocycles. The highest BCUT2D eigenvalue weighted by Crippen LogP contribution is 2.47. The molecule has 2 atom stereocenters. The van der Waals surface area contributed by atoms with Crippen molar-refractivity contribution in [1.82, 2.24) is 15.0 Å². The summed E-state index contributed by atoms with van der Waals surface area (Å²) in [4.78, 5) is 15.6. The molecule has 2 aliphatic rings. The second-order valence-corrected chi connectivity index (χ2v) is 14.2. The van der Waals surface area contributed by atoms with Gasteiger partial charge in [0.1, 0.15) is 17.2 Å². The number of thiophene rings is 1. The van der Waals surface area contributed by atoms with E-state index in [1.807, 2.05) is 35.6 Å². The molecule has 238 valence electrons. The zero-order chi connectivity index (χ0) is 33.0. The van der Waals surface area contributed by atoms with Crippen molar-refractivity contribution in [1.29, 1.82) is 0 Å². The molecule has 0 fully saturated rings. The van der Waals surface area contributed by atoms with Crippen molar-refractivity contribution in [3.63, 3.8) is 0 Å². The van der Waals surface area contributed by atoms with Crippen LogP contribution >= 0.6 is 11.3 Å². The fraction of sp³-hybridized carbons (Fsp3) is 0.0889. The molecule has 8 aromatic rings. The first-order chi connectivity index (χ1) is 24.8. The Morgan fingerprint density at radius 2 is 1.36 bits per heavy atom. The maximum atomic E-state index is 6.67. The molecule has 3 heterocycles. The van der Waals surface area contributed by atoms with Crippen molar-refractivity contribution in [2.75, 3.05) is 0 Å². The summed E-state index contributed by atoms with van der Waals surface area (Å²) >= 11 is 1.84. The summed E-state index contributed by atoms with van der Waals surface area (Å²) in [6.45, 7) is 0. The Balaban J connectivity index is 1.16. The third-order valence-corrected chi connectivity index (χ3v) is 11.2. The van der Waals surface area contributed by atoms with Gasteiger partial charge in [-0.05, 0) is 46.9 Å². The summed E-state index contributed by atoms with van der Waals surface area (Å²) in [5.41, 5.74) is 7.83. The molecule has 0 saturated carbocycles. The van der Waals surface area contributed by atoms with Crippen LogP contribution in [-0.4, -0.2) is 15.0 Å². The van der Waals surface area contributed by atoms with Crippen LogP contribution < -0.4 is 0 Å². The van der Waals surface area contributed by atoms with Crippen LogP contribution in [0.15, 0.2) is 156 Å². The van der Waals surface area contributed by atoms with Crippen molar-refractivity contribution < 1.29 is 4.42 Å². The average Bonchev–Trinajstić information content (AvgIpc) is 3.77. The zero-order valence-corrected chi connectivity index (χ0v) is 28.0. The highest BCUT2D eigenvalue weighted by molar-refractivity contribution is 7.25. The molecule has 0 radical (unpaired) electrons. The number of furan rings is 1. The minimum atomic E-state index is -0.118. The van der Waals surface area contributed by atoms with E-state index in [2.05, 4.69) is 127 Å². The number of rotatable bonds is 5. The van der Waals surface area contributed by atoms with Gasteiger partial charge >= 0.3 is 0 Å². The van der Waals surface area contributed by atoms with Crippen LogP contribution in [-0.2, 0) is 6.42 Å². The lowest BCUT2D eigenvalue weighted by Gasteiger charge is -2.23. The second-order valence-electron chi connectivity index (χ2n) is 13.1. The first-order valence-corrected chi connectivity index (χ1v) is 18.0. The van der Waals surface area contributed by atoms with E-state index in [0.717, 1.165) is 45.9 Å². The van der Waals surface area contributed by atoms with Gasteiger partial charge in [0, 0.05) is 54.9 Å². The predicted octanol–water partition coefficient (Wildman–Crippen LogP) is 11.6. The van der Waals surface area contributed by atoms with Gasteiger partial charge in [-0.2, -0.15) is 0 Å². The number of aromatic nitrogens is 3. The van der Waals surface area contributed by atoms with E-state index in [1.165, 1.54) is 42.4 Å². The third-order valence-electron chi connectivity index (χ3n) is 10.0. The lowest BCUT2D eigenvalue weighted by molar-refractivity contribution is 0.525. The zero-order valence-electron chi connectivity index (χ0n) is 27.2. The molecule has 2 aliphatic carbocycles. The van der Waals surface area contributed by atoms with E-state index < -0.39 is 0 Å². The summed E-state index contributed by atoms with van der Waals surface area (Å²) in [5, 5.41) is 3.69. The van der Waals surface area contributed by atoms with Gasteiger partial charge in [-0.1, -0.05) is 133 Å². The van der Waals surface area contributed by atoms with E-state index >= 15 is 0 Å². The van der Waals surface area contributed by atoms with Crippen LogP contribution in [0.4, 0.5) is 0 Å². The summed E-state index contributed by atoms with van der Waals surface area (Å²) in [6.07, 6.45) is 10.5. The molecule has 0 saturated heterocycles. The Labute approximate surface area is 293 Å². The molecule has 5 heteroatoms. The van der Waals surface area contributed by atoms with Gasteiger partial charge in [-0.25, -0.2) is 15.0 Å². The number of nitrogens with zero attached hydrogens (tertiary/aromatic N) is 3. The van der Waals surface area contributed by atoms with Crippen molar-refractivity contribution in [3.8, 4) is 11.4 Å². The molecular formula is C45H31N3OS. The van der Waals surface area contributed by atoms with Crippen LogP contribution in [0.25, 0.3) is 53.7 Å². The minimum Gasteiger partial charge on any atom is -0.460 e. The monoisotopic (exact) mass is 661 g/mol. The van der Waals surface area contributed by atoms with Gasteiger partial charge in [0.15, 0.2) is 11.6 Å². The lowest BCUT2D eigenvalue weighted by atomic mass is 9.83. The SMILES string of the molecule is C1=CC(c2ccccc2)CC(c2nc(-c3ccccc3)nc(C3C=C(c4cccc5sc6ccccc6c45)c4c(oc5ccccc45)C3)n2)=C1.